The van der Waals surface area contributed by atoms with Gasteiger partial charge < -0.3 is 9.03 Å². The van der Waals surface area contributed by atoms with E-state index in [0.29, 0.717) is 0 Å². The first kappa shape index (κ1) is 9.23. The van der Waals surface area contributed by atoms with E-state index in [4.69, 9.17) is 0 Å². The Balaban J connectivity index is 3.35. The quantitative estimate of drug-likeness (QED) is 0.578. The van der Waals surface area contributed by atoms with Gasteiger partial charge in [-0.25, -0.2) is 0 Å². The first-order chi connectivity index (χ1) is 4.70. The maximum absolute atomic E-state index is 10.4. The fourth-order valence-electron chi connectivity index (χ4n) is 0.345. The summed E-state index contributed by atoms with van der Waals surface area (Å²) in [5.41, 5.74) is 0. The Morgan fingerprint density at radius 3 is 2.20 bits per heavy atom. The average Bonchev–Trinajstić information content (AvgIpc) is 1.99. The third-order valence-electron chi connectivity index (χ3n) is 0.847. The topological polar surface area (TPSA) is 52.6 Å². The van der Waals surface area contributed by atoms with Crippen molar-refractivity contribution in [3.8, 4) is 0 Å². The highest BCUT2D eigenvalue weighted by Gasteiger charge is 2.06. The molecule has 10 heavy (non-hydrogen) atoms. The molecule has 0 radical (unpaired) electrons. The van der Waals surface area contributed by atoms with Gasteiger partial charge in [-0.15, -0.1) is 0 Å². The number of ether oxygens (including phenoxy) is 1. The molecular formula is C5H7ClO4. The molecule has 5 heteroatoms. The Morgan fingerprint density at radius 1 is 1.30 bits per heavy atom. The molecule has 0 atom stereocenters. The van der Waals surface area contributed by atoms with Crippen LogP contribution in [0.1, 0.15) is 12.8 Å². The maximum atomic E-state index is 10.4. The molecule has 0 aromatic rings. The van der Waals surface area contributed by atoms with Crippen LogP contribution in [-0.4, -0.2) is 19.0 Å². The van der Waals surface area contributed by atoms with Crippen LogP contribution < -0.4 is 0 Å². The van der Waals surface area contributed by atoms with Gasteiger partial charge in [0, 0.05) is 0 Å². The molecular weight excluding hydrogens is 160 g/mol. The second-order valence-corrected chi connectivity index (χ2v) is 1.68. The van der Waals surface area contributed by atoms with Crippen LogP contribution >= 0.6 is 11.9 Å². The SMILES string of the molecule is COC(=O)CCC(=O)OCl. The monoisotopic (exact) mass is 166 g/mol. The van der Waals surface area contributed by atoms with Gasteiger partial charge in [0.25, 0.3) is 0 Å². The van der Waals surface area contributed by atoms with Crippen molar-refractivity contribution in [3.05, 3.63) is 0 Å². The van der Waals surface area contributed by atoms with Crippen LogP contribution in [0.4, 0.5) is 0 Å². The largest absolute Gasteiger partial charge is 0.469 e. The smallest absolute Gasteiger partial charge is 0.325 e. The van der Waals surface area contributed by atoms with Gasteiger partial charge in [0.05, 0.1) is 20.0 Å². The molecule has 0 bridgehead atoms. The van der Waals surface area contributed by atoms with Gasteiger partial charge in [-0.1, -0.05) is 0 Å². The zero-order chi connectivity index (χ0) is 7.98. The van der Waals surface area contributed by atoms with Crippen molar-refractivity contribution in [1.82, 2.24) is 0 Å². The zero-order valence-corrected chi connectivity index (χ0v) is 6.18. The molecule has 0 N–H and O–H groups in total. The van der Waals surface area contributed by atoms with Crippen molar-refractivity contribution in [1.29, 1.82) is 0 Å². The molecule has 4 nitrogen and oxygen atoms in total. The van der Waals surface area contributed by atoms with Crippen LogP contribution in [0.15, 0.2) is 0 Å². The number of hydrogen-bond acceptors (Lipinski definition) is 4. The number of hydrogen-bond donors (Lipinski definition) is 0. The molecule has 0 spiro atoms. The lowest BCUT2D eigenvalue weighted by molar-refractivity contribution is -0.144. The van der Waals surface area contributed by atoms with Crippen molar-refractivity contribution < 1.29 is 18.6 Å². The Morgan fingerprint density at radius 2 is 1.80 bits per heavy atom. The minimum absolute atomic E-state index is 0.00204. The number of methoxy groups -OCH3 is 1. The zero-order valence-electron chi connectivity index (χ0n) is 5.43. The lowest BCUT2D eigenvalue weighted by Gasteiger charge is -1.94. The van der Waals surface area contributed by atoms with Crippen LogP contribution in [0, 0.1) is 0 Å². The molecule has 0 fully saturated rings. The summed E-state index contributed by atoms with van der Waals surface area (Å²) in [6, 6.07) is 0. The van der Waals surface area contributed by atoms with E-state index in [1.54, 1.807) is 0 Å². The number of rotatable bonds is 3. The number of carbonyl (C=O) groups excluding carboxylic acids is 2. The first-order valence-corrected chi connectivity index (χ1v) is 2.89. The summed E-state index contributed by atoms with van der Waals surface area (Å²) < 4.78 is 8.03. The van der Waals surface area contributed by atoms with Gasteiger partial charge in [-0.3, -0.25) is 9.59 Å². The van der Waals surface area contributed by atoms with Crippen LogP contribution in [0.5, 0.6) is 0 Å². The van der Waals surface area contributed by atoms with E-state index >= 15 is 0 Å². The summed E-state index contributed by atoms with van der Waals surface area (Å²) in [5, 5.41) is 0. The highest BCUT2D eigenvalue weighted by Crippen LogP contribution is 1.95. The molecule has 0 saturated carbocycles. The summed E-state index contributed by atoms with van der Waals surface area (Å²) in [4.78, 5) is 20.6. The second kappa shape index (κ2) is 5.05. The molecule has 0 saturated heterocycles. The summed E-state index contributed by atoms with van der Waals surface area (Å²) >= 11 is 4.68. The normalized spacial score (nSPS) is 8.60. The second-order valence-electron chi connectivity index (χ2n) is 1.53. The average molecular weight is 167 g/mol. The Kier molecular flexibility index (Phi) is 4.66. The molecule has 0 aromatic carbocycles. The number of halogens is 1. The summed E-state index contributed by atoms with van der Waals surface area (Å²) in [7, 11) is 1.24. The molecule has 0 unspecified atom stereocenters. The molecule has 0 aromatic heterocycles. The lowest BCUT2D eigenvalue weighted by Crippen LogP contribution is -2.04. The van der Waals surface area contributed by atoms with Crippen molar-refractivity contribution in [2.45, 2.75) is 12.8 Å². The Labute approximate surface area is 63.2 Å². The number of esters is 1. The first-order valence-electron chi connectivity index (χ1n) is 2.59. The van der Waals surface area contributed by atoms with Crippen LogP contribution in [-0.2, 0) is 18.6 Å². The molecule has 0 aliphatic heterocycles. The van der Waals surface area contributed by atoms with Crippen LogP contribution in [0.2, 0.25) is 0 Å². The van der Waals surface area contributed by atoms with Crippen LogP contribution in [0.25, 0.3) is 0 Å². The van der Waals surface area contributed by atoms with Gasteiger partial charge in [0.1, 0.15) is 11.9 Å². The van der Waals surface area contributed by atoms with Crippen molar-refractivity contribution in [3.63, 3.8) is 0 Å². The third kappa shape index (κ3) is 4.14. The summed E-state index contributed by atoms with van der Waals surface area (Å²) in [6.07, 6.45) is -0.0434. The fraction of sp³-hybridized carbons (Fsp3) is 0.600. The summed E-state index contributed by atoms with van der Waals surface area (Å²) in [6.45, 7) is 0. The van der Waals surface area contributed by atoms with E-state index in [9.17, 15) is 9.59 Å². The van der Waals surface area contributed by atoms with Crippen LogP contribution in [0.3, 0.4) is 0 Å². The molecule has 0 aliphatic carbocycles. The minimum atomic E-state index is -0.632. The van der Waals surface area contributed by atoms with E-state index < -0.39 is 11.9 Å². The molecule has 0 amide bonds. The highest BCUT2D eigenvalue weighted by molar-refractivity contribution is 6.13. The predicted molar refractivity (Wildman–Crippen MR) is 33.2 cm³/mol. The number of carbonyl (C=O) groups is 2. The van der Waals surface area contributed by atoms with Crippen molar-refractivity contribution in [2.24, 2.45) is 0 Å². The minimum Gasteiger partial charge on any atom is -0.469 e. The van der Waals surface area contributed by atoms with Gasteiger partial charge in [0.2, 0.25) is 0 Å². The predicted octanol–water partition coefficient (Wildman–Crippen LogP) is 0.637. The van der Waals surface area contributed by atoms with E-state index in [2.05, 4.69) is 20.9 Å². The van der Waals surface area contributed by atoms with Crippen molar-refractivity contribution >= 4 is 23.8 Å². The molecule has 58 valence electrons. The molecule has 0 aliphatic rings. The van der Waals surface area contributed by atoms with Gasteiger partial charge in [-0.2, -0.15) is 0 Å². The fourth-order valence-corrected chi connectivity index (χ4v) is 0.422. The Bertz CT molecular complexity index is 118. The molecule has 0 heterocycles. The van der Waals surface area contributed by atoms with E-state index in [0.717, 1.165) is 0 Å². The van der Waals surface area contributed by atoms with Crippen molar-refractivity contribution in [2.75, 3.05) is 7.11 Å². The Hall–Kier alpha value is -0.770. The lowest BCUT2D eigenvalue weighted by atomic mass is 10.3. The van der Waals surface area contributed by atoms with E-state index in [1.807, 2.05) is 0 Å². The standard InChI is InChI=1S/C5H7ClO4/c1-9-4(7)2-3-5(8)10-6/h2-3H2,1H3. The third-order valence-corrected chi connectivity index (χ3v) is 1.02. The van der Waals surface area contributed by atoms with E-state index in [1.165, 1.54) is 7.11 Å². The summed E-state index contributed by atoms with van der Waals surface area (Å²) in [5.74, 6) is -1.09. The maximum Gasteiger partial charge on any atom is 0.325 e. The van der Waals surface area contributed by atoms with Gasteiger partial charge in [0.15, 0.2) is 0 Å². The van der Waals surface area contributed by atoms with Gasteiger partial charge in [-0.05, 0) is 0 Å². The highest BCUT2D eigenvalue weighted by atomic mass is 35.5. The molecule has 0 rings (SSSR count). The van der Waals surface area contributed by atoms with Gasteiger partial charge >= 0.3 is 11.9 Å². The van der Waals surface area contributed by atoms with E-state index in [-0.39, 0.29) is 12.8 Å².